The fraction of sp³-hybridized carbons (Fsp3) is 0.955. The molecule has 0 rings (SSSR count). The summed E-state index contributed by atoms with van der Waals surface area (Å²) < 4.78 is 69.0. The first kappa shape index (κ1) is 106. The molecule has 0 amide bonds. The van der Waals surface area contributed by atoms with Crippen LogP contribution in [-0.2, 0) is 65.4 Å². The number of unbranched alkanes of at least 4 members (excludes halogenated alkanes) is 61. The van der Waals surface area contributed by atoms with Crippen molar-refractivity contribution in [3.05, 3.63) is 0 Å². The second-order valence-electron chi connectivity index (χ2n) is 32.5. The van der Waals surface area contributed by atoms with Gasteiger partial charge in [0.15, 0.2) is 12.2 Å². The summed E-state index contributed by atoms with van der Waals surface area (Å²) in [7, 11) is -9.93. The summed E-state index contributed by atoms with van der Waals surface area (Å²) in [5.41, 5.74) is 0. The summed E-state index contributed by atoms with van der Waals surface area (Å²) in [6, 6.07) is 0. The van der Waals surface area contributed by atoms with Crippen LogP contribution >= 0.6 is 15.6 Å². The van der Waals surface area contributed by atoms with Gasteiger partial charge in [0.25, 0.3) is 0 Å². The molecule has 5 atom stereocenters. The smallest absolute Gasteiger partial charge is 0.462 e. The SMILES string of the molecule is CCCCCCCCCCCCCCCCCCCCCCCC(=O)O[C@H](COC(=O)CCCCCCCCCCCCCCCCCCCCCC)COP(=O)(O)OC[C@@H](O)COP(=O)(O)OC[C@@H](COC(=O)CCCCCCCCCCCCCCC)OC(=O)CCCCCCCCCCCCCC(C)C. The lowest BCUT2D eigenvalue weighted by Crippen LogP contribution is -2.30. The van der Waals surface area contributed by atoms with E-state index < -0.39 is 97.5 Å². The first-order chi connectivity index (χ1) is 52.5. The molecular formula is C89H174O17P2. The monoisotopic (exact) mass is 1580 g/mol. The predicted octanol–water partition coefficient (Wildman–Crippen LogP) is 27.5. The van der Waals surface area contributed by atoms with Crippen LogP contribution in [0.5, 0.6) is 0 Å². The first-order valence-electron chi connectivity index (χ1n) is 46.1. The fourth-order valence-electron chi connectivity index (χ4n) is 14.0. The Balaban J connectivity index is 5.24. The van der Waals surface area contributed by atoms with E-state index in [1.165, 1.54) is 308 Å². The van der Waals surface area contributed by atoms with Crippen molar-refractivity contribution in [1.29, 1.82) is 0 Å². The van der Waals surface area contributed by atoms with Crippen molar-refractivity contribution >= 4 is 39.5 Å². The number of phosphoric acid groups is 2. The maximum Gasteiger partial charge on any atom is 0.472 e. The minimum atomic E-state index is -4.97. The summed E-state index contributed by atoms with van der Waals surface area (Å²) >= 11 is 0. The normalized spacial score (nSPS) is 13.7. The molecule has 0 aliphatic heterocycles. The summed E-state index contributed by atoms with van der Waals surface area (Å²) in [5.74, 6) is -1.33. The second-order valence-corrected chi connectivity index (χ2v) is 35.4. The van der Waals surface area contributed by atoms with Crippen molar-refractivity contribution in [2.45, 2.75) is 502 Å². The van der Waals surface area contributed by atoms with Gasteiger partial charge < -0.3 is 33.8 Å². The highest BCUT2D eigenvalue weighted by molar-refractivity contribution is 7.47. The molecule has 3 N–H and O–H groups in total. The average Bonchev–Trinajstić information content (AvgIpc) is 0.899. The lowest BCUT2D eigenvalue weighted by Gasteiger charge is -2.21. The third-order valence-corrected chi connectivity index (χ3v) is 22.9. The van der Waals surface area contributed by atoms with E-state index in [4.69, 9.17) is 37.0 Å². The Hall–Kier alpha value is -1.94. The first-order valence-corrected chi connectivity index (χ1v) is 49.1. The highest BCUT2D eigenvalue weighted by Crippen LogP contribution is 2.45. The van der Waals surface area contributed by atoms with Crippen LogP contribution in [0.2, 0.25) is 0 Å². The zero-order chi connectivity index (χ0) is 79.0. The molecule has 642 valence electrons. The number of esters is 4. The van der Waals surface area contributed by atoms with Crippen LogP contribution in [0.25, 0.3) is 0 Å². The van der Waals surface area contributed by atoms with E-state index in [1.54, 1.807) is 0 Å². The van der Waals surface area contributed by atoms with E-state index in [2.05, 4.69) is 34.6 Å². The number of aliphatic hydroxyl groups is 1. The van der Waals surface area contributed by atoms with Crippen molar-refractivity contribution in [2.24, 2.45) is 5.92 Å². The number of rotatable bonds is 89. The predicted molar refractivity (Wildman–Crippen MR) is 446 cm³/mol. The molecule has 17 nitrogen and oxygen atoms in total. The Bertz CT molecular complexity index is 2050. The lowest BCUT2D eigenvalue weighted by atomic mass is 10.0. The molecule has 0 aliphatic rings. The van der Waals surface area contributed by atoms with Crippen LogP contribution in [-0.4, -0.2) is 96.7 Å². The van der Waals surface area contributed by atoms with Crippen molar-refractivity contribution < 1.29 is 80.2 Å². The fourth-order valence-corrected chi connectivity index (χ4v) is 15.6. The molecule has 108 heavy (non-hydrogen) atoms. The molecule has 0 aromatic rings. The topological polar surface area (TPSA) is 237 Å². The highest BCUT2D eigenvalue weighted by atomic mass is 31.2. The van der Waals surface area contributed by atoms with Gasteiger partial charge in [-0.05, 0) is 31.6 Å². The van der Waals surface area contributed by atoms with Crippen LogP contribution in [0, 0.1) is 5.92 Å². The van der Waals surface area contributed by atoms with E-state index >= 15 is 0 Å². The van der Waals surface area contributed by atoms with Gasteiger partial charge in [0.2, 0.25) is 0 Å². The lowest BCUT2D eigenvalue weighted by molar-refractivity contribution is -0.161. The van der Waals surface area contributed by atoms with Crippen molar-refractivity contribution in [2.75, 3.05) is 39.6 Å². The molecule has 0 aromatic heterocycles. The molecule has 0 fully saturated rings. The Morgan fingerprint density at radius 1 is 0.250 bits per heavy atom. The molecule has 0 heterocycles. The average molecular weight is 1580 g/mol. The zero-order valence-electron chi connectivity index (χ0n) is 71.0. The molecule has 0 aliphatic carbocycles. The third-order valence-electron chi connectivity index (χ3n) is 21.0. The highest BCUT2D eigenvalue weighted by Gasteiger charge is 2.30. The number of ether oxygens (including phenoxy) is 4. The molecule has 0 spiro atoms. The Morgan fingerprint density at radius 3 is 0.630 bits per heavy atom. The zero-order valence-corrected chi connectivity index (χ0v) is 72.8. The number of hydrogen-bond acceptors (Lipinski definition) is 15. The molecule has 0 bridgehead atoms. The van der Waals surface area contributed by atoms with Crippen molar-refractivity contribution in [1.82, 2.24) is 0 Å². The third kappa shape index (κ3) is 82.1. The van der Waals surface area contributed by atoms with Gasteiger partial charge in [0.05, 0.1) is 26.4 Å². The van der Waals surface area contributed by atoms with E-state index in [0.717, 1.165) is 95.8 Å². The molecule has 0 saturated carbocycles. The summed E-state index contributed by atoms with van der Waals surface area (Å²) in [5, 5.41) is 10.7. The minimum Gasteiger partial charge on any atom is -0.462 e. The van der Waals surface area contributed by atoms with Crippen molar-refractivity contribution in [3.63, 3.8) is 0 Å². The van der Waals surface area contributed by atoms with Gasteiger partial charge in [-0.3, -0.25) is 37.3 Å². The summed E-state index contributed by atoms with van der Waals surface area (Å²) in [6.07, 6.45) is 76.4. The molecule has 2 unspecified atom stereocenters. The maximum absolute atomic E-state index is 13.2. The number of carbonyl (C=O) groups excluding carboxylic acids is 4. The second kappa shape index (κ2) is 81.6. The van der Waals surface area contributed by atoms with E-state index in [0.29, 0.717) is 25.7 Å². The minimum absolute atomic E-state index is 0.107. The van der Waals surface area contributed by atoms with Crippen LogP contribution < -0.4 is 0 Å². The molecule has 19 heteroatoms. The van der Waals surface area contributed by atoms with Gasteiger partial charge in [0.1, 0.15) is 19.3 Å². The van der Waals surface area contributed by atoms with E-state index in [9.17, 15) is 43.2 Å². The number of aliphatic hydroxyl groups excluding tert-OH is 1. The van der Waals surface area contributed by atoms with Crippen LogP contribution in [0.4, 0.5) is 0 Å². The Morgan fingerprint density at radius 2 is 0.426 bits per heavy atom. The number of carbonyl (C=O) groups is 4. The molecular weight excluding hydrogens is 1400 g/mol. The van der Waals surface area contributed by atoms with Gasteiger partial charge in [-0.15, -0.1) is 0 Å². The van der Waals surface area contributed by atoms with E-state index in [1.807, 2.05) is 0 Å². The largest absolute Gasteiger partial charge is 0.472 e. The summed E-state index contributed by atoms with van der Waals surface area (Å²) in [4.78, 5) is 73.4. The van der Waals surface area contributed by atoms with E-state index in [-0.39, 0.29) is 25.7 Å². The van der Waals surface area contributed by atoms with Gasteiger partial charge in [0, 0.05) is 25.7 Å². The summed E-state index contributed by atoms with van der Waals surface area (Å²) in [6.45, 7) is 7.38. The standard InChI is InChI=1S/C89H174O17P2/c1-6-9-12-15-18-21-24-27-29-31-33-35-37-39-41-44-49-54-59-64-69-74-88(93)105-84(78-100-87(92)73-68-63-58-53-48-43-40-38-36-34-32-30-28-25-22-19-16-13-10-7-2)80-103-107(95,96)101-76-83(90)77-102-108(97,98)104-81-85(79-99-86(91)72-67-62-57-52-47-42-26-23-20-17-14-11-8-3)106-89(94)75-70-65-60-55-50-45-46-51-56-61-66-71-82(4)5/h82-85,90H,6-81H2,1-5H3,(H,95,96)(H,97,98)/t83-,84-,85-/m1/s1. The van der Waals surface area contributed by atoms with Gasteiger partial charge in [-0.25, -0.2) is 9.13 Å². The van der Waals surface area contributed by atoms with Gasteiger partial charge in [-0.1, -0.05) is 433 Å². The van der Waals surface area contributed by atoms with Gasteiger partial charge in [-0.2, -0.15) is 0 Å². The maximum atomic E-state index is 13.2. The van der Waals surface area contributed by atoms with Crippen LogP contribution in [0.3, 0.4) is 0 Å². The molecule has 0 radical (unpaired) electrons. The quantitative estimate of drug-likeness (QED) is 0.0222. The Labute approximate surface area is 664 Å². The Kier molecular flexibility index (Phi) is 80.2. The van der Waals surface area contributed by atoms with Gasteiger partial charge >= 0.3 is 39.5 Å². The number of phosphoric ester groups is 2. The van der Waals surface area contributed by atoms with Crippen molar-refractivity contribution in [3.8, 4) is 0 Å². The molecule has 0 saturated heterocycles. The molecule has 0 aromatic carbocycles. The number of hydrogen-bond donors (Lipinski definition) is 3. The van der Waals surface area contributed by atoms with Crippen LogP contribution in [0.15, 0.2) is 0 Å². The van der Waals surface area contributed by atoms with Crippen LogP contribution in [0.1, 0.15) is 484 Å².